The number of hydrogen-bond acceptors (Lipinski definition) is 1. The molecule has 0 aromatic rings. The fraction of sp³-hybridized carbons (Fsp3) is 1.00. The van der Waals surface area contributed by atoms with Gasteiger partial charge in [0.05, 0.1) is 0 Å². The number of alkyl halides is 1. The molecule has 3 aliphatic rings. The molecule has 1 N–H and O–H groups in total. The summed E-state index contributed by atoms with van der Waals surface area (Å²) in [5.41, 5.74) is -0.405. The second kappa shape index (κ2) is 2.69. The summed E-state index contributed by atoms with van der Waals surface area (Å²) in [6.45, 7) is 7.68. The standard InChI is InChI=1S/C11H20FN/c1-8(2)4-13-9(3)10-5-11(12,6-10)7-10/h8-9,13H,4-7H2,1-3H3. The molecule has 2 heteroatoms. The van der Waals surface area contributed by atoms with Crippen LogP contribution in [0.5, 0.6) is 0 Å². The highest BCUT2D eigenvalue weighted by Crippen LogP contribution is 2.70. The summed E-state index contributed by atoms with van der Waals surface area (Å²) in [7, 11) is 0. The number of nitrogens with one attached hydrogen (secondary N) is 1. The maximum atomic E-state index is 13.2. The molecular weight excluding hydrogens is 165 g/mol. The predicted molar refractivity (Wildman–Crippen MR) is 52.4 cm³/mol. The predicted octanol–water partition coefficient (Wildman–Crippen LogP) is 2.51. The van der Waals surface area contributed by atoms with Crippen molar-refractivity contribution in [1.82, 2.24) is 5.32 Å². The zero-order valence-electron chi connectivity index (χ0n) is 8.86. The van der Waals surface area contributed by atoms with Crippen LogP contribution >= 0.6 is 0 Å². The van der Waals surface area contributed by atoms with Gasteiger partial charge in [0.25, 0.3) is 0 Å². The van der Waals surface area contributed by atoms with Crippen molar-refractivity contribution in [3.63, 3.8) is 0 Å². The summed E-state index contributed by atoms with van der Waals surface area (Å²) in [4.78, 5) is 0. The Kier molecular flexibility index (Phi) is 1.96. The first-order valence-corrected chi connectivity index (χ1v) is 5.38. The monoisotopic (exact) mass is 185 g/mol. The van der Waals surface area contributed by atoms with Crippen LogP contribution in [0.2, 0.25) is 0 Å². The zero-order valence-corrected chi connectivity index (χ0v) is 8.86. The van der Waals surface area contributed by atoms with Crippen LogP contribution in [0.4, 0.5) is 4.39 Å². The SMILES string of the molecule is CC(C)CNC(C)C12CC(F)(C1)C2. The fourth-order valence-electron chi connectivity index (χ4n) is 2.83. The Morgan fingerprint density at radius 1 is 1.23 bits per heavy atom. The van der Waals surface area contributed by atoms with E-state index in [1.54, 1.807) is 0 Å². The van der Waals surface area contributed by atoms with Gasteiger partial charge in [0.15, 0.2) is 0 Å². The molecule has 0 amide bonds. The molecule has 3 fully saturated rings. The van der Waals surface area contributed by atoms with Crippen molar-refractivity contribution in [3.8, 4) is 0 Å². The fourth-order valence-corrected chi connectivity index (χ4v) is 2.83. The largest absolute Gasteiger partial charge is 0.313 e. The van der Waals surface area contributed by atoms with E-state index in [-0.39, 0.29) is 0 Å². The second-order valence-electron chi connectivity index (χ2n) is 5.57. The van der Waals surface area contributed by atoms with Gasteiger partial charge in [-0.2, -0.15) is 0 Å². The van der Waals surface area contributed by atoms with E-state index in [0.29, 0.717) is 17.4 Å². The molecule has 2 bridgehead atoms. The third-order valence-corrected chi connectivity index (χ3v) is 3.76. The van der Waals surface area contributed by atoms with Gasteiger partial charge >= 0.3 is 0 Å². The Morgan fingerprint density at radius 3 is 2.15 bits per heavy atom. The highest BCUT2D eigenvalue weighted by atomic mass is 19.1. The van der Waals surface area contributed by atoms with Crippen LogP contribution in [0.1, 0.15) is 40.0 Å². The van der Waals surface area contributed by atoms with E-state index < -0.39 is 5.67 Å². The van der Waals surface area contributed by atoms with E-state index in [0.717, 1.165) is 25.8 Å². The van der Waals surface area contributed by atoms with Gasteiger partial charge in [-0.15, -0.1) is 0 Å². The first-order valence-electron chi connectivity index (χ1n) is 5.38. The van der Waals surface area contributed by atoms with Gasteiger partial charge in [0, 0.05) is 6.04 Å². The highest BCUT2D eigenvalue weighted by molar-refractivity contribution is 5.22. The first-order chi connectivity index (χ1) is 5.96. The van der Waals surface area contributed by atoms with Crippen LogP contribution in [-0.2, 0) is 0 Å². The molecule has 3 saturated carbocycles. The average molecular weight is 185 g/mol. The van der Waals surface area contributed by atoms with E-state index in [1.165, 1.54) is 0 Å². The molecule has 0 saturated heterocycles. The van der Waals surface area contributed by atoms with Crippen molar-refractivity contribution < 1.29 is 4.39 Å². The van der Waals surface area contributed by atoms with Gasteiger partial charge in [0.1, 0.15) is 5.67 Å². The molecule has 0 spiro atoms. The molecule has 0 radical (unpaired) electrons. The number of rotatable bonds is 4. The lowest BCUT2D eigenvalue weighted by atomic mass is 9.40. The molecule has 0 heterocycles. The number of hydrogen-bond donors (Lipinski definition) is 1. The molecule has 0 aliphatic heterocycles. The van der Waals surface area contributed by atoms with Crippen LogP contribution < -0.4 is 5.32 Å². The molecule has 13 heavy (non-hydrogen) atoms. The molecule has 3 rings (SSSR count). The summed E-state index contributed by atoms with van der Waals surface area (Å²) in [6, 6.07) is 0.507. The molecule has 0 aromatic carbocycles. The van der Waals surface area contributed by atoms with E-state index in [4.69, 9.17) is 0 Å². The smallest absolute Gasteiger partial charge is 0.112 e. The molecule has 0 aromatic heterocycles. The summed E-state index contributed by atoms with van der Waals surface area (Å²) in [6.07, 6.45) is 2.44. The van der Waals surface area contributed by atoms with Crippen LogP contribution in [0.25, 0.3) is 0 Å². The topological polar surface area (TPSA) is 12.0 Å². The third kappa shape index (κ3) is 1.39. The van der Waals surface area contributed by atoms with Crippen LogP contribution in [0, 0.1) is 11.3 Å². The minimum atomic E-state index is -0.742. The van der Waals surface area contributed by atoms with Gasteiger partial charge in [-0.1, -0.05) is 13.8 Å². The Bertz CT molecular complexity index is 192. The maximum absolute atomic E-state index is 13.2. The van der Waals surface area contributed by atoms with Gasteiger partial charge in [-0.3, -0.25) is 0 Å². The molecular formula is C11H20FN. The van der Waals surface area contributed by atoms with Gasteiger partial charge in [0.2, 0.25) is 0 Å². The minimum absolute atomic E-state index is 0.337. The van der Waals surface area contributed by atoms with Crippen molar-refractivity contribution >= 4 is 0 Å². The first kappa shape index (κ1) is 9.45. The molecule has 1 unspecified atom stereocenters. The van der Waals surface area contributed by atoms with E-state index in [9.17, 15) is 4.39 Å². The highest BCUT2D eigenvalue weighted by Gasteiger charge is 2.70. The van der Waals surface area contributed by atoms with Crippen LogP contribution in [0.15, 0.2) is 0 Å². The van der Waals surface area contributed by atoms with Crippen molar-refractivity contribution in [2.24, 2.45) is 11.3 Å². The maximum Gasteiger partial charge on any atom is 0.112 e. The zero-order chi connectivity index (χ0) is 9.69. The van der Waals surface area contributed by atoms with Gasteiger partial charge in [-0.05, 0) is 44.1 Å². The van der Waals surface area contributed by atoms with Crippen molar-refractivity contribution in [3.05, 3.63) is 0 Å². The van der Waals surface area contributed by atoms with Gasteiger partial charge < -0.3 is 5.32 Å². The van der Waals surface area contributed by atoms with E-state index in [1.807, 2.05) is 0 Å². The summed E-state index contributed by atoms with van der Waals surface area (Å²) >= 11 is 0. The Morgan fingerprint density at radius 2 is 1.77 bits per heavy atom. The Balaban J connectivity index is 1.76. The molecule has 3 aliphatic carbocycles. The number of halogens is 1. The summed E-state index contributed by atoms with van der Waals surface area (Å²) in [5.74, 6) is 0.689. The third-order valence-electron chi connectivity index (χ3n) is 3.76. The quantitative estimate of drug-likeness (QED) is 0.709. The lowest BCUT2D eigenvalue weighted by Crippen LogP contribution is -2.71. The summed E-state index contributed by atoms with van der Waals surface area (Å²) < 4.78 is 13.2. The molecule has 1 nitrogen and oxygen atoms in total. The second-order valence-corrected chi connectivity index (χ2v) is 5.57. The molecule has 76 valence electrons. The van der Waals surface area contributed by atoms with Crippen molar-refractivity contribution in [1.29, 1.82) is 0 Å². The summed E-state index contributed by atoms with van der Waals surface area (Å²) in [5, 5.41) is 3.51. The van der Waals surface area contributed by atoms with Crippen LogP contribution in [-0.4, -0.2) is 18.3 Å². The minimum Gasteiger partial charge on any atom is -0.313 e. The average Bonchev–Trinajstić information content (AvgIpc) is 1.92. The normalized spacial score (nSPS) is 44.1. The van der Waals surface area contributed by atoms with E-state index >= 15 is 0 Å². The molecule has 1 atom stereocenters. The Labute approximate surface area is 80.1 Å². The van der Waals surface area contributed by atoms with Crippen LogP contribution in [0.3, 0.4) is 0 Å². The Hall–Kier alpha value is -0.110. The van der Waals surface area contributed by atoms with Crippen molar-refractivity contribution in [2.75, 3.05) is 6.54 Å². The van der Waals surface area contributed by atoms with E-state index in [2.05, 4.69) is 26.1 Å². The van der Waals surface area contributed by atoms with Crippen molar-refractivity contribution in [2.45, 2.75) is 51.7 Å². The lowest BCUT2D eigenvalue weighted by molar-refractivity contribution is -0.226. The van der Waals surface area contributed by atoms with Gasteiger partial charge in [-0.25, -0.2) is 4.39 Å². The lowest BCUT2D eigenvalue weighted by Gasteiger charge is -2.68.